The molecular weight excluding hydrogens is 386 g/mol. The summed E-state index contributed by atoms with van der Waals surface area (Å²) in [5.41, 5.74) is 0.677. The Balaban J connectivity index is 2.33. The summed E-state index contributed by atoms with van der Waals surface area (Å²) >= 11 is 25.9. The molecule has 0 fully saturated rings. The van der Waals surface area contributed by atoms with Crippen molar-refractivity contribution in [2.75, 3.05) is 7.11 Å². The highest BCUT2D eigenvalue weighted by Gasteiger charge is 2.21. The van der Waals surface area contributed by atoms with Crippen LogP contribution in [0.3, 0.4) is 0 Å². The van der Waals surface area contributed by atoms with Crippen LogP contribution in [0.15, 0.2) is 24.3 Å². The Morgan fingerprint density at radius 3 is 2.41 bits per heavy atom. The van der Waals surface area contributed by atoms with Crippen molar-refractivity contribution in [1.82, 2.24) is 0 Å². The highest BCUT2D eigenvalue weighted by molar-refractivity contribution is 7.23. The molecule has 1 aromatic heterocycles. The normalized spacial score (nSPS) is 11.1. The molecule has 2 nitrogen and oxygen atoms in total. The maximum absolute atomic E-state index is 10.5. The van der Waals surface area contributed by atoms with E-state index in [4.69, 9.17) is 51.1 Å². The Morgan fingerprint density at radius 1 is 1.05 bits per heavy atom. The molecule has 0 bridgehead atoms. The lowest BCUT2D eigenvalue weighted by atomic mass is 10.1. The number of hydrogen-bond donors (Lipinski definition) is 1. The van der Waals surface area contributed by atoms with E-state index in [2.05, 4.69) is 0 Å². The van der Waals surface area contributed by atoms with Gasteiger partial charge in [0.2, 0.25) is 0 Å². The zero-order chi connectivity index (χ0) is 16.0. The maximum atomic E-state index is 10.5. The van der Waals surface area contributed by atoms with E-state index in [1.165, 1.54) is 18.4 Å². The van der Waals surface area contributed by atoms with Gasteiger partial charge in [0.1, 0.15) is 16.5 Å². The van der Waals surface area contributed by atoms with Crippen LogP contribution in [-0.4, -0.2) is 12.2 Å². The average Bonchev–Trinajstić information content (AvgIpc) is 2.80. The largest absolute Gasteiger partial charge is 0.506 e. The third-order valence-electron chi connectivity index (χ3n) is 3.20. The molecule has 0 unspecified atom stereocenters. The van der Waals surface area contributed by atoms with E-state index >= 15 is 0 Å². The Labute approximate surface area is 150 Å². The van der Waals surface area contributed by atoms with Crippen LogP contribution in [0.2, 0.25) is 20.1 Å². The molecule has 114 valence electrons. The molecule has 0 radical (unpaired) electrons. The molecule has 1 heterocycles. The third-order valence-corrected chi connectivity index (χ3v) is 5.95. The number of fused-ring (bicyclic) bond motifs is 1. The predicted octanol–water partition coefficient (Wildman–Crippen LogP) is 6.90. The van der Waals surface area contributed by atoms with Crippen LogP contribution in [0.4, 0.5) is 0 Å². The molecule has 0 aliphatic rings. The maximum Gasteiger partial charge on any atom is 0.142 e. The summed E-state index contributed by atoms with van der Waals surface area (Å²) < 4.78 is 5.85. The standard InChI is InChI=1S/C15H8Cl4O2S/c1-21-10-5-8-13(20)15(22-14(8)12(19)11(10)18)7-3-2-6(16)4-9(7)17/h2-5,20H,1H3. The first-order valence-corrected chi connectivity index (χ1v) is 8.39. The molecule has 0 spiro atoms. The fourth-order valence-corrected chi connectivity index (χ4v) is 4.45. The summed E-state index contributed by atoms with van der Waals surface area (Å²) in [4.78, 5) is 0.600. The van der Waals surface area contributed by atoms with E-state index in [-0.39, 0.29) is 5.75 Å². The van der Waals surface area contributed by atoms with Gasteiger partial charge in [-0.3, -0.25) is 0 Å². The number of halogens is 4. The first-order chi connectivity index (χ1) is 10.4. The predicted molar refractivity (Wildman–Crippen MR) is 95.5 cm³/mol. The van der Waals surface area contributed by atoms with Crippen molar-refractivity contribution < 1.29 is 9.84 Å². The van der Waals surface area contributed by atoms with Crippen molar-refractivity contribution in [2.45, 2.75) is 0 Å². The van der Waals surface area contributed by atoms with E-state index < -0.39 is 0 Å². The first-order valence-electron chi connectivity index (χ1n) is 6.07. The van der Waals surface area contributed by atoms with Gasteiger partial charge < -0.3 is 9.84 Å². The van der Waals surface area contributed by atoms with Crippen molar-refractivity contribution >= 4 is 67.8 Å². The molecule has 0 aliphatic carbocycles. The Kier molecular flexibility index (Phi) is 4.36. The summed E-state index contributed by atoms with van der Waals surface area (Å²) in [7, 11) is 1.49. The smallest absolute Gasteiger partial charge is 0.142 e. The third kappa shape index (κ3) is 2.51. The van der Waals surface area contributed by atoms with Crippen molar-refractivity contribution in [1.29, 1.82) is 0 Å². The van der Waals surface area contributed by atoms with E-state index in [9.17, 15) is 5.11 Å². The Hall–Kier alpha value is -0.840. The summed E-state index contributed by atoms with van der Waals surface area (Å²) in [5.74, 6) is 0.488. The minimum atomic E-state index is 0.0843. The van der Waals surface area contributed by atoms with Crippen LogP contribution < -0.4 is 4.74 Å². The van der Waals surface area contributed by atoms with Gasteiger partial charge in [-0.15, -0.1) is 11.3 Å². The number of methoxy groups -OCH3 is 1. The quantitative estimate of drug-likeness (QED) is 0.513. The molecular formula is C15H8Cl4O2S. The minimum Gasteiger partial charge on any atom is -0.506 e. The average molecular weight is 394 g/mol. The van der Waals surface area contributed by atoms with Gasteiger partial charge in [0.25, 0.3) is 0 Å². The lowest BCUT2D eigenvalue weighted by molar-refractivity contribution is 0.415. The molecule has 0 aliphatic heterocycles. The van der Waals surface area contributed by atoms with Crippen molar-refractivity contribution in [2.24, 2.45) is 0 Å². The van der Waals surface area contributed by atoms with Gasteiger partial charge in [0, 0.05) is 16.0 Å². The molecule has 7 heteroatoms. The number of hydrogen-bond acceptors (Lipinski definition) is 3. The first kappa shape index (κ1) is 16.0. The SMILES string of the molecule is COc1cc2c(O)c(-c3ccc(Cl)cc3Cl)sc2c(Cl)c1Cl. The van der Waals surface area contributed by atoms with Crippen LogP contribution in [0, 0.1) is 0 Å². The van der Waals surface area contributed by atoms with Crippen LogP contribution >= 0.6 is 57.7 Å². The van der Waals surface area contributed by atoms with Gasteiger partial charge >= 0.3 is 0 Å². The van der Waals surface area contributed by atoms with E-state index in [1.54, 1.807) is 24.3 Å². The fourth-order valence-electron chi connectivity index (χ4n) is 2.14. The fraction of sp³-hybridized carbons (Fsp3) is 0.0667. The van der Waals surface area contributed by atoms with Crippen molar-refractivity contribution in [3.63, 3.8) is 0 Å². The zero-order valence-electron chi connectivity index (χ0n) is 11.1. The van der Waals surface area contributed by atoms with Crippen LogP contribution in [-0.2, 0) is 0 Å². The van der Waals surface area contributed by atoms with E-state index in [0.717, 1.165) is 0 Å². The lowest BCUT2D eigenvalue weighted by Crippen LogP contribution is -1.84. The molecule has 22 heavy (non-hydrogen) atoms. The summed E-state index contributed by atoms with van der Waals surface area (Å²) in [6.45, 7) is 0. The van der Waals surface area contributed by atoms with E-state index in [0.29, 0.717) is 46.4 Å². The topological polar surface area (TPSA) is 29.5 Å². The van der Waals surface area contributed by atoms with Crippen LogP contribution in [0.25, 0.3) is 20.5 Å². The lowest BCUT2D eigenvalue weighted by Gasteiger charge is -2.05. The number of ether oxygens (including phenoxy) is 1. The number of aromatic hydroxyl groups is 1. The summed E-state index contributed by atoms with van der Waals surface area (Å²) in [5, 5.41) is 12.7. The van der Waals surface area contributed by atoms with Gasteiger partial charge in [0.05, 0.1) is 26.7 Å². The van der Waals surface area contributed by atoms with Gasteiger partial charge in [-0.1, -0.05) is 52.5 Å². The van der Waals surface area contributed by atoms with Crippen molar-refractivity contribution in [3.8, 4) is 21.9 Å². The van der Waals surface area contributed by atoms with Crippen molar-refractivity contribution in [3.05, 3.63) is 44.4 Å². The molecule has 3 aromatic rings. The molecule has 0 amide bonds. The molecule has 1 N–H and O–H groups in total. The van der Waals surface area contributed by atoms with Gasteiger partial charge in [-0.2, -0.15) is 0 Å². The zero-order valence-corrected chi connectivity index (χ0v) is 14.9. The second-order valence-electron chi connectivity index (χ2n) is 4.49. The number of rotatable bonds is 2. The second-order valence-corrected chi connectivity index (χ2v) is 7.11. The molecule has 2 aromatic carbocycles. The highest BCUT2D eigenvalue weighted by atomic mass is 35.5. The Morgan fingerprint density at radius 2 is 1.77 bits per heavy atom. The minimum absolute atomic E-state index is 0.0843. The van der Waals surface area contributed by atoms with Gasteiger partial charge in [0.15, 0.2) is 0 Å². The van der Waals surface area contributed by atoms with E-state index in [1.807, 2.05) is 0 Å². The molecule has 0 saturated heterocycles. The van der Waals surface area contributed by atoms with Crippen LogP contribution in [0.1, 0.15) is 0 Å². The highest BCUT2D eigenvalue weighted by Crippen LogP contribution is 2.51. The second kappa shape index (κ2) is 5.99. The Bertz CT molecular complexity index is 889. The van der Waals surface area contributed by atoms with Crippen LogP contribution in [0.5, 0.6) is 11.5 Å². The molecule has 0 atom stereocenters. The van der Waals surface area contributed by atoms with Gasteiger partial charge in [-0.05, 0) is 18.2 Å². The molecule has 3 rings (SSSR count). The number of thiophene rings is 1. The summed E-state index contributed by atoms with van der Waals surface area (Å²) in [6, 6.07) is 6.74. The monoisotopic (exact) mass is 392 g/mol. The number of benzene rings is 2. The summed E-state index contributed by atoms with van der Waals surface area (Å²) in [6.07, 6.45) is 0. The molecule has 0 saturated carbocycles. The van der Waals surface area contributed by atoms with Gasteiger partial charge in [-0.25, -0.2) is 0 Å².